The second-order valence-corrected chi connectivity index (χ2v) is 15.1. The fraction of sp³-hybridized carbons (Fsp3) is 0.400. The summed E-state index contributed by atoms with van der Waals surface area (Å²) in [6.45, 7) is 5.38. The number of benzene rings is 1. The quantitative estimate of drug-likeness (QED) is 0.173. The SMILES string of the molecule is CC(=O)C(=N)c1cc(-c2cnc(C)nc2)cc2c1NCC(=O)N1[C@H](C(=O)Cc3nc(Br)ccc3C)C[C@@]3(COc4cccc(n4)CCCCC2)C[C@@H]13. The van der Waals surface area contributed by atoms with E-state index < -0.39 is 6.04 Å². The molecule has 3 aliphatic rings. The van der Waals surface area contributed by atoms with Gasteiger partial charge in [0.1, 0.15) is 16.1 Å². The number of hydrogen-bond acceptors (Lipinski definition) is 10. The molecule has 0 radical (unpaired) electrons. The Balaban J connectivity index is 1.25. The molecule has 0 spiro atoms. The fourth-order valence-electron chi connectivity index (χ4n) is 7.63. The van der Waals surface area contributed by atoms with E-state index in [9.17, 15) is 14.4 Å². The Morgan fingerprint density at radius 2 is 1.81 bits per heavy atom. The molecule has 12 heteroatoms. The summed E-state index contributed by atoms with van der Waals surface area (Å²) in [5, 5.41) is 12.2. The number of ketones is 2. The molecule has 1 amide bonds. The van der Waals surface area contributed by atoms with E-state index in [4.69, 9.17) is 15.1 Å². The van der Waals surface area contributed by atoms with Gasteiger partial charge in [0.05, 0.1) is 31.3 Å². The largest absolute Gasteiger partial charge is 0.477 e. The van der Waals surface area contributed by atoms with E-state index in [0.29, 0.717) is 52.7 Å². The molecule has 1 saturated heterocycles. The third-order valence-corrected chi connectivity index (χ3v) is 11.1. The van der Waals surface area contributed by atoms with Crippen LogP contribution in [0.4, 0.5) is 5.69 Å². The lowest BCUT2D eigenvalue weighted by Gasteiger charge is -2.28. The van der Waals surface area contributed by atoms with Gasteiger partial charge in [-0.3, -0.25) is 19.8 Å². The van der Waals surface area contributed by atoms with Gasteiger partial charge in [-0.2, -0.15) is 0 Å². The molecule has 5 heterocycles. The first-order valence-electron chi connectivity index (χ1n) is 17.9. The average Bonchev–Trinajstić information content (AvgIpc) is 3.73. The van der Waals surface area contributed by atoms with Gasteiger partial charge in [-0.15, -0.1) is 0 Å². The number of carbonyl (C=O) groups is 3. The van der Waals surface area contributed by atoms with Crippen molar-refractivity contribution < 1.29 is 19.1 Å². The second-order valence-electron chi connectivity index (χ2n) is 14.3. The molecule has 3 atom stereocenters. The zero-order valence-corrected chi connectivity index (χ0v) is 31.3. The minimum absolute atomic E-state index is 0.0657. The highest BCUT2D eigenvalue weighted by atomic mass is 79.9. The molecule has 2 N–H and O–H groups in total. The number of fused-ring (bicyclic) bond motifs is 3. The number of amides is 1. The van der Waals surface area contributed by atoms with E-state index in [1.807, 2.05) is 50.2 Å². The molecule has 2 aliphatic heterocycles. The number of ether oxygens (including phenoxy) is 1. The van der Waals surface area contributed by atoms with E-state index >= 15 is 0 Å². The first kappa shape index (κ1) is 35.6. The smallest absolute Gasteiger partial charge is 0.242 e. The van der Waals surface area contributed by atoms with Crippen molar-refractivity contribution in [2.24, 2.45) is 5.41 Å². The number of pyridine rings is 2. The molecular formula is C40H42BrN7O4. The van der Waals surface area contributed by atoms with Crippen molar-refractivity contribution in [2.45, 2.75) is 84.2 Å². The number of anilines is 1. The van der Waals surface area contributed by atoms with Crippen LogP contribution < -0.4 is 10.1 Å². The van der Waals surface area contributed by atoms with Crippen molar-refractivity contribution in [3.63, 3.8) is 0 Å². The van der Waals surface area contributed by atoms with Crippen LogP contribution in [0.15, 0.2) is 59.5 Å². The van der Waals surface area contributed by atoms with Crippen LogP contribution in [0.25, 0.3) is 11.1 Å². The second kappa shape index (κ2) is 14.7. The first-order chi connectivity index (χ1) is 25.0. The lowest BCUT2D eigenvalue weighted by molar-refractivity contribution is -0.137. The fourth-order valence-corrected chi connectivity index (χ4v) is 7.97. The lowest BCUT2D eigenvalue weighted by atomic mass is 9.92. The van der Waals surface area contributed by atoms with E-state index in [0.717, 1.165) is 60.1 Å². The zero-order chi connectivity index (χ0) is 36.6. The van der Waals surface area contributed by atoms with Crippen molar-refractivity contribution in [1.82, 2.24) is 24.8 Å². The predicted molar refractivity (Wildman–Crippen MR) is 201 cm³/mol. The maximum Gasteiger partial charge on any atom is 0.242 e. The molecule has 4 bridgehead atoms. The highest BCUT2D eigenvalue weighted by Gasteiger charge is 2.67. The summed E-state index contributed by atoms with van der Waals surface area (Å²) in [6, 6.07) is 12.7. The van der Waals surface area contributed by atoms with Gasteiger partial charge in [-0.1, -0.05) is 18.6 Å². The van der Waals surface area contributed by atoms with Gasteiger partial charge in [0.15, 0.2) is 11.6 Å². The van der Waals surface area contributed by atoms with Crippen molar-refractivity contribution >= 4 is 44.8 Å². The minimum atomic E-state index is -0.642. The summed E-state index contributed by atoms with van der Waals surface area (Å²) in [6.07, 6.45) is 8.97. The summed E-state index contributed by atoms with van der Waals surface area (Å²) in [4.78, 5) is 61.0. The topological polar surface area (TPSA) is 151 Å². The Morgan fingerprint density at radius 3 is 2.60 bits per heavy atom. The lowest BCUT2D eigenvalue weighted by Crippen LogP contribution is -2.46. The number of piperidine rings is 1. The number of nitrogens with zero attached hydrogens (tertiary/aromatic N) is 5. The van der Waals surface area contributed by atoms with Gasteiger partial charge >= 0.3 is 0 Å². The molecule has 2 fully saturated rings. The Labute approximate surface area is 311 Å². The molecule has 52 heavy (non-hydrogen) atoms. The molecule has 3 aromatic heterocycles. The normalized spacial score (nSPS) is 21.5. The molecule has 11 nitrogen and oxygen atoms in total. The summed E-state index contributed by atoms with van der Waals surface area (Å²) in [5.41, 5.74) is 5.50. The molecule has 1 aromatic carbocycles. The molecule has 1 aliphatic carbocycles. The van der Waals surface area contributed by atoms with E-state index in [1.54, 1.807) is 23.4 Å². The number of aryl methyl sites for hydroxylation is 4. The van der Waals surface area contributed by atoms with E-state index in [-0.39, 0.29) is 47.6 Å². The third kappa shape index (κ3) is 7.39. The van der Waals surface area contributed by atoms with Crippen LogP contribution in [0.2, 0.25) is 0 Å². The molecule has 1 saturated carbocycles. The van der Waals surface area contributed by atoms with Crippen LogP contribution in [0.3, 0.4) is 0 Å². The van der Waals surface area contributed by atoms with Crippen LogP contribution in [0, 0.1) is 24.7 Å². The Kier molecular flexibility index (Phi) is 10.0. The van der Waals surface area contributed by atoms with Gasteiger partial charge in [-0.25, -0.2) is 19.9 Å². The maximum atomic E-state index is 14.4. The molecule has 0 unspecified atom stereocenters. The first-order valence-corrected chi connectivity index (χ1v) is 18.6. The van der Waals surface area contributed by atoms with Crippen LogP contribution in [-0.4, -0.2) is 73.3 Å². The predicted octanol–water partition coefficient (Wildman–Crippen LogP) is 6.20. The number of aromatic nitrogens is 4. The zero-order valence-electron chi connectivity index (χ0n) is 29.7. The van der Waals surface area contributed by atoms with Crippen LogP contribution >= 0.6 is 15.9 Å². The van der Waals surface area contributed by atoms with Gasteiger partial charge < -0.3 is 15.0 Å². The summed E-state index contributed by atoms with van der Waals surface area (Å²) < 4.78 is 6.94. The van der Waals surface area contributed by atoms with E-state index in [2.05, 4.69) is 36.2 Å². The Morgan fingerprint density at radius 1 is 1.02 bits per heavy atom. The van der Waals surface area contributed by atoms with E-state index in [1.165, 1.54) is 6.92 Å². The van der Waals surface area contributed by atoms with Crippen molar-refractivity contribution in [3.8, 4) is 17.0 Å². The molecule has 7 rings (SSSR count). The standard InChI is InChI=1S/C40H42BrN7O4/c1-23-12-13-35(41)47-31(23)16-33(50)32-17-40-18-34(40)48(32)37(51)21-45-39-26(8-5-4-6-9-29-10-7-11-36(46-29)52-22-40)14-27(15-30(39)38(42)24(2)49)28-19-43-25(3)44-20-28/h7,10-15,19-20,32,34,42,45H,4-6,8-9,16-18,21-22H2,1-3H3/t32-,34+,40-/m0/s1. The van der Waals surface area contributed by atoms with Gasteiger partial charge in [0.2, 0.25) is 11.8 Å². The number of nitrogens with one attached hydrogen (secondary N) is 2. The maximum absolute atomic E-state index is 14.4. The highest BCUT2D eigenvalue weighted by molar-refractivity contribution is 9.10. The number of hydrogen-bond donors (Lipinski definition) is 2. The van der Waals surface area contributed by atoms with Crippen molar-refractivity contribution in [3.05, 3.63) is 93.4 Å². The third-order valence-electron chi connectivity index (χ3n) is 10.6. The van der Waals surface area contributed by atoms with Gasteiger partial charge in [0.25, 0.3) is 0 Å². The minimum Gasteiger partial charge on any atom is -0.477 e. The highest BCUT2D eigenvalue weighted by Crippen LogP contribution is 2.60. The van der Waals surface area contributed by atoms with Crippen molar-refractivity contribution in [2.75, 3.05) is 18.5 Å². The molecule has 4 aromatic rings. The van der Waals surface area contributed by atoms with Crippen molar-refractivity contribution in [1.29, 1.82) is 5.41 Å². The monoisotopic (exact) mass is 763 g/mol. The number of halogens is 1. The summed E-state index contributed by atoms with van der Waals surface area (Å²) in [5.74, 6) is 0.537. The average molecular weight is 765 g/mol. The number of Topliss-reactive ketones (excluding diaryl/α,β-unsaturated/α-hetero) is 2. The van der Waals surface area contributed by atoms with Gasteiger partial charge in [-0.05, 0) is 109 Å². The van der Waals surface area contributed by atoms with Gasteiger partial charge in [0, 0.05) is 59.3 Å². The van der Waals surface area contributed by atoms with Crippen LogP contribution in [0.1, 0.15) is 72.9 Å². The summed E-state index contributed by atoms with van der Waals surface area (Å²) in [7, 11) is 0. The Hall–Kier alpha value is -4.84. The van der Waals surface area contributed by atoms with Crippen LogP contribution in [-0.2, 0) is 33.6 Å². The molecule has 268 valence electrons. The number of rotatable bonds is 6. The molecular weight excluding hydrogens is 722 g/mol. The number of carbonyl (C=O) groups excluding carboxylic acids is 3. The Bertz CT molecular complexity index is 2070. The van der Waals surface area contributed by atoms with Crippen LogP contribution in [0.5, 0.6) is 5.88 Å². The summed E-state index contributed by atoms with van der Waals surface area (Å²) >= 11 is 3.43.